The number of fused-ring (bicyclic) bond motifs is 1. The van der Waals surface area contributed by atoms with Crippen LogP contribution in [0.4, 0.5) is 10.5 Å². The van der Waals surface area contributed by atoms with E-state index in [4.69, 9.17) is 4.74 Å². The Morgan fingerprint density at radius 1 is 1.50 bits per heavy atom. The summed E-state index contributed by atoms with van der Waals surface area (Å²) in [6, 6.07) is 5.03. The van der Waals surface area contributed by atoms with Gasteiger partial charge in [-0.05, 0) is 24.6 Å². The molecule has 0 fully saturated rings. The van der Waals surface area contributed by atoms with Crippen molar-refractivity contribution < 1.29 is 14.3 Å². The largest absolute Gasteiger partial charge is 0.423 e. The fraction of sp³-hybridized carbons (Fsp3) is 0.273. The molecule has 0 bridgehead atoms. The zero-order chi connectivity index (χ0) is 11.7. The monoisotopic (exact) mass is 220 g/mol. The Morgan fingerprint density at radius 3 is 2.94 bits per heavy atom. The van der Waals surface area contributed by atoms with Gasteiger partial charge in [-0.15, -0.1) is 0 Å². The summed E-state index contributed by atoms with van der Waals surface area (Å²) in [5, 5.41) is 2.49. The van der Waals surface area contributed by atoms with Gasteiger partial charge in [-0.25, -0.2) is 9.59 Å². The van der Waals surface area contributed by atoms with E-state index in [1.165, 1.54) is 11.9 Å². The lowest BCUT2D eigenvalue weighted by Crippen LogP contribution is -2.45. The predicted molar refractivity (Wildman–Crippen MR) is 58.6 cm³/mol. The van der Waals surface area contributed by atoms with Crippen molar-refractivity contribution in [1.29, 1.82) is 0 Å². The van der Waals surface area contributed by atoms with E-state index in [-0.39, 0.29) is 12.6 Å². The lowest BCUT2D eigenvalue weighted by atomic mass is 10.1. The first-order valence-electron chi connectivity index (χ1n) is 4.92. The number of nitrogens with one attached hydrogen (secondary N) is 1. The Balaban J connectivity index is 2.47. The minimum Gasteiger partial charge on any atom is -0.423 e. The van der Waals surface area contributed by atoms with E-state index in [0.717, 1.165) is 5.56 Å². The second-order valence-corrected chi connectivity index (χ2v) is 3.59. The highest BCUT2D eigenvalue weighted by molar-refractivity contribution is 6.00. The Kier molecular flexibility index (Phi) is 2.52. The van der Waals surface area contributed by atoms with Crippen LogP contribution in [0.1, 0.15) is 5.56 Å². The molecule has 2 rings (SSSR count). The summed E-state index contributed by atoms with van der Waals surface area (Å²) < 4.78 is 5.05. The Bertz CT molecular complexity index is 457. The van der Waals surface area contributed by atoms with E-state index >= 15 is 0 Å². The van der Waals surface area contributed by atoms with Crippen molar-refractivity contribution >= 4 is 17.7 Å². The Morgan fingerprint density at radius 2 is 2.25 bits per heavy atom. The number of esters is 1. The number of benzene rings is 1. The zero-order valence-electron chi connectivity index (χ0n) is 9.11. The zero-order valence-corrected chi connectivity index (χ0v) is 9.11. The first-order chi connectivity index (χ1) is 7.61. The van der Waals surface area contributed by atoms with Crippen molar-refractivity contribution in [2.24, 2.45) is 0 Å². The molecule has 5 heteroatoms. The molecule has 1 heterocycles. The maximum atomic E-state index is 11.6. The van der Waals surface area contributed by atoms with Gasteiger partial charge < -0.3 is 10.1 Å². The smallest absolute Gasteiger partial charge is 0.331 e. The lowest BCUT2D eigenvalue weighted by Gasteiger charge is -2.27. The molecule has 0 atom stereocenters. The molecule has 1 aliphatic heterocycles. The molecule has 1 N–H and O–H groups in total. The van der Waals surface area contributed by atoms with Crippen LogP contribution in [0.15, 0.2) is 18.2 Å². The Labute approximate surface area is 93.0 Å². The molecule has 0 spiro atoms. The topological polar surface area (TPSA) is 58.6 Å². The number of nitrogens with zero attached hydrogens (tertiary/aromatic N) is 1. The number of carbonyl (C=O) groups is 2. The molecule has 1 aliphatic rings. The summed E-state index contributed by atoms with van der Waals surface area (Å²) in [5.41, 5.74) is 1.63. The summed E-state index contributed by atoms with van der Waals surface area (Å²) in [6.07, 6.45) is 0. The number of hydrogen-bond acceptors (Lipinski definition) is 3. The maximum absolute atomic E-state index is 11.6. The standard InChI is InChI=1S/C11H12N2O3/c1-7-3-4-9-8(5-7)13(11(15)12-2)6-10(14)16-9/h3-5H,6H2,1-2H3,(H,12,15). The minimum absolute atomic E-state index is 0.0594. The van der Waals surface area contributed by atoms with E-state index in [1.807, 2.05) is 19.1 Å². The van der Waals surface area contributed by atoms with Crippen molar-refractivity contribution in [3.8, 4) is 5.75 Å². The van der Waals surface area contributed by atoms with Crippen molar-refractivity contribution in [2.45, 2.75) is 6.92 Å². The van der Waals surface area contributed by atoms with E-state index in [2.05, 4.69) is 5.32 Å². The molecule has 2 amide bonds. The van der Waals surface area contributed by atoms with Gasteiger partial charge in [0.05, 0.1) is 5.69 Å². The number of urea groups is 1. The van der Waals surface area contributed by atoms with Crippen molar-refractivity contribution in [1.82, 2.24) is 5.32 Å². The van der Waals surface area contributed by atoms with E-state index in [1.54, 1.807) is 6.07 Å². The number of hydrogen-bond donors (Lipinski definition) is 1. The molecule has 0 aromatic heterocycles. The second kappa shape index (κ2) is 3.84. The molecule has 1 aromatic rings. The summed E-state index contributed by atoms with van der Waals surface area (Å²) in [6.45, 7) is 1.86. The Hall–Kier alpha value is -2.04. The van der Waals surface area contributed by atoms with Crippen molar-refractivity contribution in [2.75, 3.05) is 18.5 Å². The highest BCUT2D eigenvalue weighted by Gasteiger charge is 2.28. The molecular formula is C11H12N2O3. The SMILES string of the molecule is CNC(=O)N1CC(=O)Oc2ccc(C)cc21. The molecule has 0 aliphatic carbocycles. The molecule has 84 valence electrons. The molecular weight excluding hydrogens is 208 g/mol. The summed E-state index contributed by atoms with van der Waals surface area (Å²) in [7, 11) is 1.53. The van der Waals surface area contributed by atoms with E-state index in [9.17, 15) is 9.59 Å². The number of anilines is 1. The normalized spacial score (nSPS) is 14.1. The molecule has 0 unspecified atom stereocenters. The summed E-state index contributed by atoms with van der Waals surface area (Å²) in [5.74, 6) is -0.00889. The van der Waals surface area contributed by atoms with Gasteiger partial charge in [0.2, 0.25) is 0 Å². The first kappa shape index (κ1) is 10.5. The van der Waals surface area contributed by atoms with Gasteiger partial charge in [0.15, 0.2) is 5.75 Å². The fourth-order valence-corrected chi connectivity index (χ4v) is 1.61. The van der Waals surface area contributed by atoms with E-state index in [0.29, 0.717) is 11.4 Å². The van der Waals surface area contributed by atoms with Crippen LogP contribution in [-0.2, 0) is 4.79 Å². The third-order valence-electron chi connectivity index (χ3n) is 2.38. The average Bonchev–Trinajstić information content (AvgIpc) is 2.27. The van der Waals surface area contributed by atoms with Crippen molar-refractivity contribution in [3.05, 3.63) is 23.8 Å². The predicted octanol–water partition coefficient (Wildman–Crippen LogP) is 1.06. The summed E-state index contributed by atoms with van der Waals surface area (Å²) >= 11 is 0. The second-order valence-electron chi connectivity index (χ2n) is 3.59. The van der Waals surface area contributed by atoms with Gasteiger partial charge in [0.25, 0.3) is 0 Å². The van der Waals surface area contributed by atoms with Gasteiger partial charge in [-0.3, -0.25) is 4.90 Å². The maximum Gasteiger partial charge on any atom is 0.331 e. The minimum atomic E-state index is -0.431. The molecule has 1 aromatic carbocycles. The third-order valence-corrected chi connectivity index (χ3v) is 2.38. The van der Waals surface area contributed by atoms with Crippen LogP contribution in [-0.4, -0.2) is 25.6 Å². The van der Waals surface area contributed by atoms with Crippen LogP contribution in [0.2, 0.25) is 0 Å². The van der Waals surface area contributed by atoms with Crippen LogP contribution < -0.4 is 15.0 Å². The fourth-order valence-electron chi connectivity index (χ4n) is 1.61. The van der Waals surface area contributed by atoms with Crippen LogP contribution in [0.3, 0.4) is 0 Å². The van der Waals surface area contributed by atoms with Crippen molar-refractivity contribution in [3.63, 3.8) is 0 Å². The molecule has 0 saturated heterocycles. The number of ether oxygens (including phenoxy) is 1. The van der Waals surface area contributed by atoms with Crippen LogP contribution in [0.25, 0.3) is 0 Å². The highest BCUT2D eigenvalue weighted by atomic mass is 16.5. The molecule has 0 saturated carbocycles. The molecule has 0 radical (unpaired) electrons. The third kappa shape index (κ3) is 1.71. The lowest BCUT2D eigenvalue weighted by molar-refractivity contribution is -0.133. The van der Waals surface area contributed by atoms with Crippen LogP contribution in [0, 0.1) is 6.92 Å². The van der Waals surface area contributed by atoms with Crippen LogP contribution in [0.5, 0.6) is 5.75 Å². The van der Waals surface area contributed by atoms with Gasteiger partial charge in [-0.1, -0.05) is 6.07 Å². The molecule has 5 nitrogen and oxygen atoms in total. The van der Waals surface area contributed by atoms with Gasteiger partial charge in [0.1, 0.15) is 6.54 Å². The summed E-state index contributed by atoms with van der Waals surface area (Å²) in [4.78, 5) is 24.3. The highest BCUT2D eigenvalue weighted by Crippen LogP contribution is 2.32. The van der Waals surface area contributed by atoms with E-state index < -0.39 is 5.97 Å². The first-order valence-corrected chi connectivity index (χ1v) is 4.92. The van der Waals surface area contributed by atoms with Crippen LogP contribution >= 0.6 is 0 Å². The number of amides is 2. The number of aryl methyl sites for hydroxylation is 1. The van der Waals surface area contributed by atoms with Gasteiger partial charge in [-0.2, -0.15) is 0 Å². The number of carbonyl (C=O) groups excluding carboxylic acids is 2. The van der Waals surface area contributed by atoms with Gasteiger partial charge >= 0.3 is 12.0 Å². The number of rotatable bonds is 0. The quantitative estimate of drug-likeness (QED) is 0.525. The van der Waals surface area contributed by atoms with Gasteiger partial charge in [0, 0.05) is 7.05 Å². The molecule has 16 heavy (non-hydrogen) atoms. The average molecular weight is 220 g/mol.